The van der Waals surface area contributed by atoms with Crippen LogP contribution in [0.2, 0.25) is 0 Å². The number of fused-ring (bicyclic) bond motifs is 1. The zero-order valence-corrected chi connectivity index (χ0v) is 21.2. The molecule has 0 aliphatic carbocycles. The first kappa shape index (κ1) is 23.9. The summed E-state index contributed by atoms with van der Waals surface area (Å²) >= 11 is 0. The van der Waals surface area contributed by atoms with E-state index in [2.05, 4.69) is 36.6 Å². The van der Waals surface area contributed by atoms with E-state index in [1.807, 2.05) is 59.5 Å². The van der Waals surface area contributed by atoms with E-state index in [-0.39, 0.29) is 11.8 Å². The molecule has 0 spiro atoms. The van der Waals surface area contributed by atoms with Gasteiger partial charge in [-0.3, -0.25) is 4.79 Å². The zero-order valence-electron chi connectivity index (χ0n) is 21.2. The Bertz CT molecular complexity index is 1340. The molecule has 1 saturated heterocycles. The van der Waals surface area contributed by atoms with Crippen LogP contribution >= 0.6 is 0 Å². The maximum Gasteiger partial charge on any atom is 0.223 e. The van der Waals surface area contributed by atoms with Gasteiger partial charge in [0.15, 0.2) is 0 Å². The van der Waals surface area contributed by atoms with Crippen molar-refractivity contribution in [3.8, 4) is 11.5 Å². The van der Waals surface area contributed by atoms with Crippen LogP contribution in [0.3, 0.4) is 0 Å². The highest BCUT2D eigenvalue weighted by atomic mass is 16.5. The molecule has 1 unspecified atom stereocenters. The molecule has 5 rings (SSSR count). The van der Waals surface area contributed by atoms with Gasteiger partial charge in [0.1, 0.15) is 23.9 Å². The Morgan fingerprint density at radius 1 is 1.00 bits per heavy atom. The average molecular weight is 484 g/mol. The molecule has 0 bridgehead atoms. The Labute approximate surface area is 212 Å². The smallest absolute Gasteiger partial charge is 0.223 e. The molecule has 4 aromatic rings. The molecule has 1 fully saturated rings. The van der Waals surface area contributed by atoms with Crippen LogP contribution in [0.1, 0.15) is 49.1 Å². The summed E-state index contributed by atoms with van der Waals surface area (Å²) in [4.78, 5) is 19.9. The molecule has 6 heteroatoms. The maximum atomic E-state index is 13.0. The number of hydrogen-bond donors (Lipinski definition) is 0. The van der Waals surface area contributed by atoms with Crippen molar-refractivity contribution in [3.63, 3.8) is 0 Å². The number of ether oxygens (including phenoxy) is 2. The molecule has 1 atom stereocenters. The predicted molar refractivity (Wildman–Crippen MR) is 142 cm³/mol. The Hall–Kier alpha value is -3.80. The Morgan fingerprint density at radius 2 is 1.75 bits per heavy atom. The van der Waals surface area contributed by atoms with Gasteiger partial charge in [0, 0.05) is 25.4 Å². The van der Waals surface area contributed by atoms with E-state index < -0.39 is 0 Å². The number of amides is 1. The van der Waals surface area contributed by atoms with Crippen molar-refractivity contribution in [2.45, 2.75) is 45.2 Å². The summed E-state index contributed by atoms with van der Waals surface area (Å²) in [6.07, 6.45) is 0.469. The van der Waals surface area contributed by atoms with Crippen LogP contribution in [0.15, 0.2) is 72.8 Å². The number of imidazole rings is 1. The van der Waals surface area contributed by atoms with Gasteiger partial charge in [-0.15, -0.1) is 0 Å². The minimum Gasteiger partial charge on any atom is -0.497 e. The number of methoxy groups -OCH3 is 1. The highest BCUT2D eigenvalue weighted by Crippen LogP contribution is 2.32. The third-order valence-corrected chi connectivity index (χ3v) is 6.91. The summed E-state index contributed by atoms with van der Waals surface area (Å²) in [5.74, 6) is 3.31. The van der Waals surface area contributed by atoms with Crippen molar-refractivity contribution in [2.24, 2.45) is 0 Å². The number of hydrogen-bond acceptors (Lipinski definition) is 4. The molecule has 3 aromatic carbocycles. The molecule has 36 heavy (non-hydrogen) atoms. The third kappa shape index (κ3) is 4.94. The SMILES string of the molecule is COc1ccc(CN2CC(c3nc4ccccc4n3CCOc3ccccc3C(C)C)CC2=O)cc1. The van der Waals surface area contributed by atoms with Crippen molar-refractivity contribution in [3.05, 3.63) is 89.7 Å². The predicted octanol–water partition coefficient (Wildman–Crippen LogP) is 5.76. The quantitative estimate of drug-likeness (QED) is 0.304. The van der Waals surface area contributed by atoms with Crippen LogP contribution in [-0.2, 0) is 17.9 Å². The first-order chi connectivity index (χ1) is 17.5. The van der Waals surface area contributed by atoms with Gasteiger partial charge < -0.3 is 18.9 Å². The minimum absolute atomic E-state index is 0.0473. The van der Waals surface area contributed by atoms with Gasteiger partial charge in [0.05, 0.1) is 24.7 Å². The van der Waals surface area contributed by atoms with E-state index in [1.54, 1.807) is 7.11 Å². The van der Waals surface area contributed by atoms with E-state index in [9.17, 15) is 4.79 Å². The fourth-order valence-corrected chi connectivity index (χ4v) is 5.03. The highest BCUT2D eigenvalue weighted by Gasteiger charge is 2.34. The van der Waals surface area contributed by atoms with E-state index in [4.69, 9.17) is 14.5 Å². The molecule has 0 saturated carbocycles. The fourth-order valence-electron chi connectivity index (χ4n) is 5.03. The summed E-state index contributed by atoms with van der Waals surface area (Å²) in [6.45, 7) is 6.82. The van der Waals surface area contributed by atoms with Gasteiger partial charge in [0.25, 0.3) is 0 Å². The van der Waals surface area contributed by atoms with Gasteiger partial charge in [-0.25, -0.2) is 4.98 Å². The van der Waals surface area contributed by atoms with Crippen LogP contribution in [0.4, 0.5) is 0 Å². The maximum absolute atomic E-state index is 13.0. The molecule has 1 amide bonds. The van der Waals surface area contributed by atoms with Gasteiger partial charge in [0.2, 0.25) is 5.91 Å². The number of aromatic nitrogens is 2. The molecule has 186 valence electrons. The molecule has 0 N–H and O–H groups in total. The van der Waals surface area contributed by atoms with Crippen molar-refractivity contribution in [2.75, 3.05) is 20.3 Å². The summed E-state index contributed by atoms with van der Waals surface area (Å²) in [7, 11) is 1.66. The Kier molecular flexibility index (Phi) is 6.94. The highest BCUT2D eigenvalue weighted by molar-refractivity contribution is 5.81. The summed E-state index contributed by atoms with van der Waals surface area (Å²) in [5.41, 5.74) is 4.34. The lowest BCUT2D eigenvalue weighted by Gasteiger charge is -2.18. The van der Waals surface area contributed by atoms with E-state index in [1.165, 1.54) is 5.56 Å². The summed E-state index contributed by atoms with van der Waals surface area (Å²) in [5, 5.41) is 0. The monoisotopic (exact) mass is 483 g/mol. The Balaban J connectivity index is 1.34. The summed E-state index contributed by atoms with van der Waals surface area (Å²) < 4.78 is 13.7. The average Bonchev–Trinajstić information content (AvgIpc) is 3.45. The second-order valence-corrected chi connectivity index (χ2v) is 9.67. The second kappa shape index (κ2) is 10.4. The van der Waals surface area contributed by atoms with Crippen LogP contribution in [0, 0.1) is 0 Å². The molecule has 0 radical (unpaired) electrons. The van der Waals surface area contributed by atoms with Crippen LogP contribution in [0.25, 0.3) is 11.0 Å². The van der Waals surface area contributed by atoms with E-state index in [0.29, 0.717) is 38.6 Å². The van der Waals surface area contributed by atoms with Crippen LogP contribution < -0.4 is 9.47 Å². The standard InChI is InChI=1S/C30H33N3O3/c1-21(2)25-8-4-7-11-28(25)36-17-16-33-27-10-6-5-9-26(27)31-30(33)23-18-29(34)32(20-23)19-22-12-14-24(35-3)15-13-22/h4-15,21,23H,16-20H2,1-3H3. The lowest BCUT2D eigenvalue weighted by Crippen LogP contribution is -2.24. The van der Waals surface area contributed by atoms with Gasteiger partial charge in [-0.2, -0.15) is 0 Å². The normalized spacial score (nSPS) is 15.7. The topological polar surface area (TPSA) is 56.6 Å². The van der Waals surface area contributed by atoms with Crippen LogP contribution in [0.5, 0.6) is 11.5 Å². The minimum atomic E-state index is 0.0473. The molecule has 1 aliphatic heterocycles. The number of para-hydroxylation sites is 3. The van der Waals surface area contributed by atoms with Crippen molar-refractivity contribution in [1.29, 1.82) is 0 Å². The van der Waals surface area contributed by atoms with Crippen molar-refractivity contribution < 1.29 is 14.3 Å². The Morgan fingerprint density at radius 3 is 2.53 bits per heavy atom. The zero-order chi connectivity index (χ0) is 25.1. The number of benzene rings is 3. The van der Waals surface area contributed by atoms with Gasteiger partial charge >= 0.3 is 0 Å². The molecule has 2 heterocycles. The first-order valence-corrected chi connectivity index (χ1v) is 12.6. The molecular formula is C30H33N3O3. The molecule has 1 aliphatic rings. The number of carbonyl (C=O) groups is 1. The summed E-state index contributed by atoms with van der Waals surface area (Å²) in [6, 6.07) is 24.3. The second-order valence-electron chi connectivity index (χ2n) is 9.67. The van der Waals surface area contributed by atoms with Crippen LogP contribution in [-0.4, -0.2) is 40.6 Å². The lowest BCUT2D eigenvalue weighted by atomic mass is 10.0. The van der Waals surface area contributed by atoms with E-state index in [0.717, 1.165) is 33.9 Å². The number of carbonyl (C=O) groups excluding carboxylic acids is 1. The van der Waals surface area contributed by atoms with Crippen molar-refractivity contribution >= 4 is 16.9 Å². The molecular weight excluding hydrogens is 450 g/mol. The third-order valence-electron chi connectivity index (χ3n) is 6.91. The molecule has 6 nitrogen and oxygen atoms in total. The van der Waals surface area contributed by atoms with Crippen molar-refractivity contribution in [1.82, 2.24) is 14.5 Å². The molecule has 1 aromatic heterocycles. The fraction of sp³-hybridized carbons (Fsp3) is 0.333. The van der Waals surface area contributed by atoms with Gasteiger partial charge in [-0.1, -0.05) is 56.3 Å². The lowest BCUT2D eigenvalue weighted by molar-refractivity contribution is -0.128. The first-order valence-electron chi connectivity index (χ1n) is 12.6. The van der Waals surface area contributed by atoms with E-state index >= 15 is 0 Å². The number of rotatable bonds is 9. The number of likely N-dealkylation sites (tertiary alicyclic amines) is 1. The van der Waals surface area contributed by atoms with Gasteiger partial charge in [-0.05, 0) is 47.4 Å². The largest absolute Gasteiger partial charge is 0.497 e. The number of nitrogens with zero attached hydrogens (tertiary/aromatic N) is 3.